The Morgan fingerprint density at radius 3 is 3.08 bits per heavy atom. The van der Waals surface area contributed by atoms with E-state index in [0.717, 1.165) is 18.8 Å². The average Bonchev–Trinajstić information content (AvgIpc) is 2.52. The molecule has 0 aromatic rings. The summed E-state index contributed by atoms with van der Waals surface area (Å²) in [4.78, 5) is 2.27. The number of allylic oxidation sites excluding steroid dienone is 1. The number of ether oxygens (including phenoxy) is 1. The molecule has 1 fully saturated rings. The van der Waals surface area contributed by atoms with Crippen LogP contribution in [0.3, 0.4) is 0 Å². The van der Waals surface area contributed by atoms with Crippen LogP contribution in [0.2, 0.25) is 0 Å². The summed E-state index contributed by atoms with van der Waals surface area (Å²) in [7, 11) is 1.74. The Hall–Kier alpha value is -0.760. The van der Waals surface area contributed by atoms with E-state index in [9.17, 15) is 0 Å². The van der Waals surface area contributed by atoms with E-state index in [2.05, 4.69) is 18.1 Å². The van der Waals surface area contributed by atoms with Gasteiger partial charge in [-0.1, -0.05) is 13.2 Å². The number of nitrogens with zero attached hydrogens (tertiary/aromatic N) is 1. The van der Waals surface area contributed by atoms with Crippen molar-refractivity contribution in [2.75, 3.05) is 20.3 Å². The van der Waals surface area contributed by atoms with Crippen molar-refractivity contribution in [1.29, 1.82) is 0 Å². The predicted octanol–water partition coefficient (Wildman–Crippen LogP) is 1.80. The van der Waals surface area contributed by atoms with Gasteiger partial charge in [-0.3, -0.25) is 0 Å². The van der Waals surface area contributed by atoms with Gasteiger partial charge in [-0.05, 0) is 18.9 Å². The van der Waals surface area contributed by atoms with Crippen molar-refractivity contribution >= 4 is 0 Å². The predicted molar refractivity (Wildman–Crippen MR) is 50.9 cm³/mol. The zero-order chi connectivity index (χ0) is 8.97. The quantitative estimate of drug-likeness (QED) is 0.592. The number of likely N-dealkylation sites (tertiary alicyclic amines) is 1. The fourth-order valence-corrected chi connectivity index (χ4v) is 1.70. The van der Waals surface area contributed by atoms with Crippen LogP contribution in [-0.4, -0.2) is 31.2 Å². The van der Waals surface area contributed by atoms with Gasteiger partial charge in [-0.25, -0.2) is 0 Å². The van der Waals surface area contributed by atoms with Gasteiger partial charge in [0.15, 0.2) is 0 Å². The molecule has 0 spiro atoms. The first-order valence-corrected chi connectivity index (χ1v) is 4.36. The highest BCUT2D eigenvalue weighted by atomic mass is 16.5. The summed E-state index contributed by atoms with van der Waals surface area (Å²) in [5, 5.41) is 0. The van der Waals surface area contributed by atoms with Gasteiger partial charge >= 0.3 is 0 Å². The van der Waals surface area contributed by atoms with Gasteiger partial charge in [0, 0.05) is 19.4 Å². The highest BCUT2D eigenvalue weighted by Gasteiger charge is 2.23. The second-order valence-electron chi connectivity index (χ2n) is 3.14. The van der Waals surface area contributed by atoms with Crippen LogP contribution < -0.4 is 0 Å². The number of hydrogen-bond donors (Lipinski definition) is 0. The maximum Gasteiger partial charge on any atom is 0.0666 e. The number of hydrogen-bond acceptors (Lipinski definition) is 2. The molecule has 0 unspecified atom stereocenters. The molecule has 1 saturated heterocycles. The summed E-state index contributed by atoms with van der Waals surface area (Å²) in [6.45, 7) is 9.55. The summed E-state index contributed by atoms with van der Waals surface area (Å²) in [6, 6.07) is 0.514. The van der Waals surface area contributed by atoms with E-state index in [0.29, 0.717) is 6.04 Å². The summed E-state index contributed by atoms with van der Waals surface area (Å²) in [5.41, 5.74) is 1.02. The van der Waals surface area contributed by atoms with Gasteiger partial charge in [-0.15, -0.1) is 0 Å². The molecule has 2 nitrogen and oxygen atoms in total. The molecule has 0 aromatic heterocycles. The van der Waals surface area contributed by atoms with E-state index in [1.54, 1.807) is 7.11 Å². The van der Waals surface area contributed by atoms with E-state index in [4.69, 9.17) is 4.74 Å². The zero-order valence-electron chi connectivity index (χ0n) is 7.75. The molecule has 1 aliphatic heterocycles. The molecule has 0 N–H and O–H groups in total. The lowest BCUT2D eigenvalue weighted by Gasteiger charge is -2.26. The van der Waals surface area contributed by atoms with Crippen molar-refractivity contribution in [3.8, 4) is 0 Å². The third-order valence-corrected chi connectivity index (χ3v) is 2.34. The molecule has 0 radical (unpaired) electrons. The smallest absolute Gasteiger partial charge is 0.0666 e. The van der Waals surface area contributed by atoms with Crippen molar-refractivity contribution in [2.24, 2.45) is 0 Å². The Kier molecular flexibility index (Phi) is 3.35. The van der Waals surface area contributed by atoms with E-state index in [1.165, 1.54) is 12.8 Å². The molecule has 0 bridgehead atoms. The zero-order valence-corrected chi connectivity index (χ0v) is 7.75. The third-order valence-electron chi connectivity index (χ3n) is 2.34. The molecular weight excluding hydrogens is 150 g/mol. The minimum Gasteiger partial charge on any atom is -0.383 e. The van der Waals surface area contributed by atoms with E-state index < -0.39 is 0 Å². The third kappa shape index (κ3) is 1.89. The van der Waals surface area contributed by atoms with Gasteiger partial charge in [0.05, 0.1) is 12.6 Å². The fraction of sp³-hybridized carbons (Fsp3) is 0.600. The molecule has 0 aromatic carbocycles. The summed E-state index contributed by atoms with van der Waals surface area (Å²) in [5.74, 6) is 0. The molecule has 1 atom stereocenters. The monoisotopic (exact) mass is 167 g/mol. The van der Waals surface area contributed by atoms with Crippen LogP contribution in [0.4, 0.5) is 0 Å². The lowest BCUT2D eigenvalue weighted by atomic mass is 10.2. The Bertz CT molecular complexity index is 177. The molecular formula is C10H17NO. The Morgan fingerprint density at radius 1 is 1.75 bits per heavy atom. The summed E-state index contributed by atoms with van der Waals surface area (Å²) in [6.07, 6.45) is 4.26. The van der Waals surface area contributed by atoms with Gasteiger partial charge in [-0.2, -0.15) is 0 Å². The number of rotatable bonds is 4. The second kappa shape index (κ2) is 4.31. The Balaban J connectivity index is 2.51. The van der Waals surface area contributed by atoms with Crippen LogP contribution >= 0.6 is 0 Å². The molecule has 12 heavy (non-hydrogen) atoms. The SMILES string of the molecule is C=CC(=C)N1CCC[C@@H]1COC. The lowest BCUT2D eigenvalue weighted by Crippen LogP contribution is -2.31. The minimum absolute atomic E-state index is 0.514. The van der Waals surface area contributed by atoms with Gasteiger partial charge in [0.2, 0.25) is 0 Å². The van der Waals surface area contributed by atoms with Crippen molar-refractivity contribution in [3.63, 3.8) is 0 Å². The largest absolute Gasteiger partial charge is 0.383 e. The lowest BCUT2D eigenvalue weighted by molar-refractivity contribution is 0.134. The Morgan fingerprint density at radius 2 is 2.50 bits per heavy atom. The summed E-state index contributed by atoms with van der Waals surface area (Å²) < 4.78 is 5.13. The van der Waals surface area contributed by atoms with Crippen LogP contribution in [0.15, 0.2) is 24.9 Å². The normalized spacial score (nSPS) is 22.8. The molecule has 0 aliphatic carbocycles. The van der Waals surface area contributed by atoms with Gasteiger partial charge in [0.25, 0.3) is 0 Å². The first-order valence-electron chi connectivity index (χ1n) is 4.36. The van der Waals surface area contributed by atoms with Crippen LogP contribution in [0.5, 0.6) is 0 Å². The highest BCUT2D eigenvalue weighted by Crippen LogP contribution is 2.21. The molecule has 0 saturated carbocycles. The van der Waals surface area contributed by atoms with Crippen LogP contribution in [0.1, 0.15) is 12.8 Å². The van der Waals surface area contributed by atoms with Crippen LogP contribution in [0.25, 0.3) is 0 Å². The highest BCUT2D eigenvalue weighted by molar-refractivity contribution is 5.12. The average molecular weight is 167 g/mol. The molecule has 2 heteroatoms. The maximum atomic E-state index is 5.13. The van der Waals surface area contributed by atoms with Crippen LogP contribution in [0, 0.1) is 0 Å². The molecule has 0 amide bonds. The van der Waals surface area contributed by atoms with Crippen LogP contribution in [-0.2, 0) is 4.74 Å². The molecule has 1 aliphatic rings. The standard InChI is InChI=1S/C10H17NO/c1-4-9(2)11-7-5-6-10(11)8-12-3/h4,10H,1-2,5-8H2,3H3/t10-/m1/s1. The summed E-state index contributed by atoms with van der Waals surface area (Å²) >= 11 is 0. The van der Waals surface area contributed by atoms with Gasteiger partial charge < -0.3 is 9.64 Å². The molecule has 1 rings (SSSR count). The molecule has 68 valence electrons. The van der Waals surface area contributed by atoms with Crippen molar-refractivity contribution in [1.82, 2.24) is 4.90 Å². The van der Waals surface area contributed by atoms with Gasteiger partial charge in [0.1, 0.15) is 0 Å². The second-order valence-corrected chi connectivity index (χ2v) is 3.14. The fourth-order valence-electron chi connectivity index (χ4n) is 1.70. The Labute approximate surface area is 74.5 Å². The number of methoxy groups -OCH3 is 1. The topological polar surface area (TPSA) is 12.5 Å². The molecule has 1 heterocycles. The first-order chi connectivity index (χ1) is 5.79. The van der Waals surface area contributed by atoms with Crippen molar-refractivity contribution in [2.45, 2.75) is 18.9 Å². The van der Waals surface area contributed by atoms with Crippen molar-refractivity contribution in [3.05, 3.63) is 24.9 Å². The maximum absolute atomic E-state index is 5.13. The van der Waals surface area contributed by atoms with E-state index in [1.807, 2.05) is 6.08 Å². The van der Waals surface area contributed by atoms with E-state index in [-0.39, 0.29) is 0 Å². The van der Waals surface area contributed by atoms with Crippen molar-refractivity contribution < 1.29 is 4.74 Å². The minimum atomic E-state index is 0.514. The first kappa shape index (κ1) is 9.33. The van der Waals surface area contributed by atoms with E-state index >= 15 is 0 Å².